The number of aromatic nitrogens is 1. The van der Waals surface area contributed by atoms with Gasteiger partial charge in [-0.25, -0.2) is 14.0 Å². The molecule has 9 nitrogen and oxygen atoms in total. The van der Waals surface area contributed by atoms with E-state index >= 15 is 4.39 Å². The molecule has 1 aliphatic rings. The number of carbonyl (C=O) groups excluding carboxylic acids is 2. The minimum absolute atomic E-state index is 0.0288. The molecule has 1 aliphatic heterocycles. The SMILES string of the molecule is COCCN(C)C(=O)N1CCN(Cc2cccc(NC(=O)Nc3ccc(C)nc3)c2F)CC1. The van der Waals surface area contributed by atoms with E-state index in [0.29, 0.717) is 57.1 Å². The van der Waals surface area contributed by atoms with Gasteiger partial charge in [-0.15, -0.1) is 0 Å². The zero-order valence-electron chi connectivity index (χ0n) is 19.3. The summed E-state index contributed by atoms with van der Waals surface area (Å²) in [6, 6.07) is 7.89. The van der Waals surface area contributed by atoms with Crippen molar-refractivity contribution < 1.29 is 18.7 Å². The number of halogens is 1. The van der Waals surface area contributed by atoms with Gasteiger partial charge < -0.3 is 25.2 Å². The Hall–Kier alpha value is -3.24. The number of urea groups is 2. The van der Waals surface area contributed by atoms with Crippen LogP contribution in [-0.4, -0.2) is 85.2 Å². The maximum Gasteiger partial charge on any atom is 0.323 e. The van der Waals surface area contributed by atoms with Crippen molar-refractivity contribution in [3.8, 4) is 0 Å². The summed E-state index contributed by atoms with van der Waals surface area (Å²) in [6.45, 7) is 5.70. The Morgan fingerprint density at radius 3 is 2.58 bits per heavy atom. The number of rotatable bonds is 7. The molecule has 0 bridgehead atoms. The lowest BCUT2D eigenvalue weighted by atomic mass is 10.1. The molecule has 2 heterocycles. The lowest BCUT2D eigenvalue weighted by Crippen LogP contribution is -2.52. The summed E-state index contributed by atoms with van der Waals surface area (Å²) in [4.78, 5) is 34.4. The van der Waals surface area contributed by atoms with Crippen LogP contribution in [0.4, 0.5) is 25.4 Å². The van der Waals surface area contributed by atoms with Crippen LogP contribution in [0.25, 0.3) is 0 Å². The quantitative estimate of drug-likeness (QED) is 0.666. The Bertz CT molecular complexity index is 948. The molecular weight excluding hydrogens is 427 g/mol. The van der Waals surface area contributed by atoms with E-state index < -0.39 is 11.8 Å². The normalized spacial score (nSPS) is 14.1. The van der Waals surface area contributed by atoms with Gasteiger partial charge in [-0.1, -0.05) is 12.1 Å². The fourth-order valence-corrected chi connectivity index (χ4v) is 3.53. The number of hydrogen-bond acceptors (Lipinski definition) is 5. The monoisotopic (exact) mass is 458 g/mol. The smallest absolute Gasteiger partial charge is 0.323 e. The van der Waals surface area contributed by atoms with E-state index in [1.54, 1.807) is 54.4 Å². The number of nitrogens with zero attached hydrogens (tertiary/aromatic N) is 4. The second-order valence-corrected chi connectivity index (χ2v) is 8.01. The van der Waals surface area contributed by atoms with Crippen molar-refractivity contribution in [1.82, 2.24) is 19.7 Å². The maximum atomic E-state index is 15.0. The summed E-state index contributed by atoms with van der Waals surface area (Å²) in [7, 11) is 3.36. The molecule has 2 N–H and O–H groups in total. The van der Waals surface area contributed by atoms with E-state index in [-0.39, 0.29) is 11.7 Å². The van der Waals surface area contributed by atoms with E-state index in [9.17, 15) is 9.59 Å². The lowest BCUT2D eigenvalue weighted by molar-refractivity contribution is 0.105. The van der Waals surface area contributed by atoms with Gasteiger partial charge in [0.25, 0.3) is 0 Å². The largest absolute Gasteiger partial charge is 0.383 e. The van der Waals surface area contributed by atoms with Gasteiger partial charge in [0.1, 0.15) is 0 Å². The molecule has 1 saturated heterocycles. The molecule has 0 saturated carbocycles. The molecule has 0 unspecified atom stereocenters. The average Bonchev–Trinajstić information content (AvgIpc) is 2.81. The van der Waals surface area contributed by atoms with Crippen LogP contribution in [0.1, 0.15) is 11.3 Å². The van der Waals surface area contributed by atoms with Gasteiger partial charge in [-0.3, -0.25) is 9.88 Å². The van der Waals surface area contributed by atoms with Gasteiger partial charge >= 0.3 is 12.1 Å². The summed E-state index contributed by atoms with van der Waals surface area (Å²) < 4.78 is 20.1. The third kappa shape index (κ3) is 6.87. The molecule has 33 heavy (non-hydrogen) atoms. The van der Waals surface area contributed by atoms with E-state index in [1.807, 2.05) is 6.92 Å². The number of aryl methyl sites for hydroxylation is 1. The third-order valence-electron chi connectivity index (χ3n) is 5.49. The summed E-state index contributed by atoms with van der Waals surface area (Å²) in [5.41, 5.74) is 1.96. The summed E-state index contributed by atoms with van der Waals surface area (Å²) in [5, 5.41) is 5.21. The fraction of sp³-hybridized carbons (Fsp3) is 0.435. The number of ether oxygens (including phenoxy) is 1. The molecule has 0 radical (unpaired) electrons. The van der Waals surface area contributed by atoms with Crippen molar-refractivity contribution in [2.75, 3.05) is 64.1 Å². The zero-order valence-corrected chi connectivity index (χ0v) is 19.3. The predicted molar refractivity (Wildman–Crippen MR) is 125 cm³/mol. The molecule has 0 spiro atoms. The predicted octanol–water partition coefficient (Wildman–Crippen LogP) is 2.99. The van der Waals surface area contributed by atoms with Crippen LogP contribution in [0.2, 0.25) is 0 Å². The molecule has 1 aromatic heterocycles. The number of methoxy groups -OCH3 is 1. The first kappa shape index (κ1) is 24.4. The minimum Gasteiger partial charge on any atom is -0.383 e. The summed E-state index contributed by atoms with van der Waals surface area (Å²) >= 11 is 0. The Labute approximate surface area is 193 Å². The van der Waals surface area contributed by atoms with Crippen molar-refractivity contribution in [2.24, 2.45) is 0 Å². The zero-order chi connectivity index (χ0) is 23.8. The first-order valence-electron chi connectivity index (χ1n) is 10.9. The van der Waals surface area contributed by atoms with Gasteiger partial charge in [0.2, 0.25) is 0 Å². The van der Waals surface area contributed by atoms with Crippen LogP contribution in [0.15, 0.2) is 36.5 Å². The fourth-order valence-electron chi connectivity index (χ4n) is 3.53. The number of amides is 4. The number of anilines is 2. The van der Waals surface area contributed by atoms with Crippen molar-refractivity contribution >= 4 is 23.4 Å². The van der Waals surface area contributed by atoms with E-state index in [2.05, 4.69) is 20.5 Å². The van der Waals surface area contributed by atoms with E-state index in [4.69, 9.17) is 4.74 Å². The van der Waals surface area contributed by atoms with Gasteiger partial charge in [-0.05, 0) is 25.1 Å². The van der Waals surface area contributed by atoms with E-state index in [0.717, 1.165) is 5.69 Å². The van der Waals surface area contributed by atoms with Crippen LogP contribution in [0.3, 0.4) is 0 Å². The molecule has 3 rings (SSSR count). The molecule has 10 heteroatoms. The molecule has 2 aromatic rings. The summed E-state index contributed by atoms with van der Waals surface area (Å²) in [5.74, 6) is -0.465. The van der Waals surface area contributed by atoms with Crippen LogP contribution in [-0.2, 0) is 11.3 Å². The number of carbonyl (C=O) groups is 2. The highest BCUT2D eigenvalue weighted by atomic mass is 19.1. The maximum absolute atomic E-state index is 15.0. The number of likely N-dealkylation sites (N-methyl/N-ethyl adjacent to an activating group) is 1. The Morgan fingerprint density at radius 2 is 1.91 bits per heavy atom. The number of pyridine rings is 1. The summed E-state index contributed by atoms with van der Waals surface area (Å²) in [6.07, 6.45) is 1.54. The molecule has 0 aliphatic carbocycles. The van der Waals surface area contributed by atoms with Gasteiger partial charge in [-0.2, -0.15) is 0 Å². The van der Waals surface area contributed by atoms with Crippen LogP contribution >= 0.6 is 0 Å². The highest BCUT2D eigenvalue weighted by Gasteiger charge is 2.24. The topological polar surface area (TPSA) is 90.0 Å². The van der Waals surface area contributed by atoms with Gasteiger partial charge in [0, 0.05) is 64.7 Å². The number of hydrogen-bond donors (Lipinski definition) is 2. The van der Waals surface area contributed by atoms with Gasteiger partial charge in [0.15, 0.2) is 5.82 Å². The Kier molecular flexibility index (Phi) is 8.56. The molecular formula is C23H31FN6O3. The van der Waals surface area contributed by atoms with Crippen molar-refractivity contribution in [2.45, 2.75) is 13.5 Å². The highest BCUT2D eigenvalue weighted by Crippen LogP contribution is 2.21. The number of piperazine rings is 1. The van der Waals surface area contributed by atoms with Crippen LogP contribution in [0.5, 0.6) is 0 Å². The Balaban J connectivity index is 1.53. The van der Waals surface area contributed by atoms with Gasteiger partial charge in [0.05, 0.1) is 24.2 Å². The second kappa shape index (κ2) is 11.6. The first-order chi connectivity index (χ1) is 15.9. The number of benzene rings is 1. The molecule has 178 valence electrons. The standard InChI is InChI=1S/C23H31FN6O3/c1-17-7-8-19(15-25-17)26-22(31)27-20-6-4-5-18(21(20)24)16-29-9-11-30(12-10-29)23(32)28(2)13-14-33-3/h4-8,15H,9-14,16H2,1-3H3,(H2,26,27,31). The van der Waals surface area contributed by atoms with Crippen LogP contribution in [0, 0.1) is 12.7 Å². The lowest BCUT2D eigenvalue weighted by Gasteiger charge is -2.36. The van der Waals surface area contributed by atoms with Crippen LogP contribution < -0.4 is 10.6 Å². The molecule has 1 aromatic carbocycles. The Morgan fingerprint density at radius 1 is 1.15 bits per heavy atom. The number of nitrogens with one attached hydrogen (secondary N) is 2. The molecule has 4 amide bonds. The highest BCUT2D eigenvalue weighted by molar-refractivity contribution is 5.99. The van der Waals surface area contributed by atoms with Crippen molar-refractivity contribution in [1.29, 1.82) is 0 Å². The molecule has 1 fully saturated rings. The third-order valence-corrected chi connectivity index (χ3v) is 5.49. The van der Waals surface area contributed by atoms with Crippen molar-refractivity contribution in [3.05, 3.63) is 53.6 Å². The minimum atomic E-state index is -0.540. The average molecular weight is 459 g/mol. The molecule has 0 atom stereocenters. The first-order valence-corrected chi connectivity index (χ1v) is 10.9. The second-order valence-electron chi connectivity index (χ2n) is 8.01. The van der Waals surface area contributed by atoms with E-state index in [1.165, 1.54) is 6.07 Å². The van der Waals surface area contributed by atoms with Crippen molar-refractivity contribution in [3.63, 3.8) is 0 Å².